The van der Waals surface area contributed by atoms with Crippen molar-refractivity contribution in [2.24, 2.45) is 0 Å². The Kier molecular flexibility index (Phi) is 4.60. The first kappa shape index (κ1) is 13.4. The molecule has 1 aromatic carbocycles. The average molecular weight is 282 g/mol. The monoisotopic (exact) mass is 282 g/mol. The first-order valence-corrected chi connectivity index (χ1v) is 7.71. The number of aromatic nitrogens is 1. The summed E-state index contributed by atoms with van der Waals surface area (Å²) in [5.41, 5.74) is 7.09. The van der Waals surface area contributed by atoms with Crippen LogP contribution in [0.4, 0.5) is 9.52 Å². The zero-order chi connectivity index (χ0) is 13.0. The van der Waals surface area contributed by atoms with Crippen molar-refractivity contribution in [3.05, 3.63) is 29.4 Å². The number of nitrogens with zero attached hydrogens (tertiary/aromatic N) is 1. The maximum atomic E-state index is 13.9. The van der Waals surface area contributed by atoms with Gasteiger partial charge in [-0.1, -0.05) is 19.4 Å². The van der Waals surface area contributed by atoms with Gasteiger partial charge < -0.3 is 5.73 Å². The first-order valence-electron chi connectivity index (χ1n) is 5.84. The summed E-state index contributed by atoms with van der Waals surface area (Å²) in [6.07, 6.45) is 2.24. The van der Waals surface area contributed by atoms with Gasteiger partial charge in [-0.2, -0.15) is 0 Å². The molecule has 0 aliphatic heterocycles. The topological polar surface area (TPSA) is 38.9 Å². The van der Waals surface area contributed by atoms with Crippen LogP contribution in [0, 0.1) is 5.82 Å². The van der Waals surface area contributed by atoms with Crippen molar-refractivity contribution in [1.29, 1.82) is 0 Å². The number of hydrogen-bond acceptors (Lipinski definition) is 4. The number of anilines is 1. The first-order chi connectivity index (χ1) is 8.70. The highest BCUT2D eigenvalue weighted by Gasteiger charge is 2.07. The van der Waals surface area contributed by atoms with E-state index in [0.717, 1.165) is 29.9 Å². The van der Waals surface area contributed by atoms with Crippen LogP contribution in [0.15, 0.2) is 28.5 Å². The molecule has 18 heavy (non-hydrogen) atoms. The van der Waals surface area contributed by atoms with Gasteiger partial charge in [-0.25, -0.2) is 9.37 Å². The third kappa shape index (κ3) is 3.23. The van der Waals surface area contributed by atoms with E-state index in [0.29, 0.717) is 10.0 Å². The minimum absolute atomic E-state index is 0.180. The van der Waals surface area contributed by atoms with Gasteiger partial charge in [-0.3, -0.25) is 0 Å². The molecule has 2 aromatic rings. The van der Waals surface area contributed by atoms with Gasteiger partial charge in [-0.05, 0) is 24.3 Å². The van der Waals surface area contributed by atoms with Gasteiger partial charge in [0.2, 0.25) is 0 Å². The second kappa shape index (κ2) is 6.20. The molecule has 0 amide bonds. The lowest BCUT2D eigenvalue weighted by molar-refractivity contribution is 0.602. The summed E-state index contributed by atoms with van der Waals surface area (Å²) in [6, 6.07) is 5.25. The lowest BCUT2D eigenvalue weighted by Gasteiger charge is -2.04. The summed E-state index contributed by atoms with van der Waals surface area (Å²) in [7, 11) is 0. The van der Waals surface area contributed by atoms with Crippen molar-refractivity contribution >= 4 is 28.2 Å². The highest BCUT2D eigenvalue weighted by atomic mass is 32.2. The standard InChI is InChI=1S/C13H15FN2S2/c1-2-3-6-17-12-5-4-9(7-10(12)14)11-8-18-13(15)16-11/h4-5,7-8H,2-3,6H2,1H3,(H2,15,16). The number of unbranched alkanes of at least 4 members (excludes halogenated alkanes) is 1. The molecule has 0 spiro atoms. The van der Waals surface area contributed by atoms with Crippen molar-refractivity contribution in [2.45, 2.75) is 24.7 Å². The fourth-order valence-electron chi connectivity index (χ4n) is 1.52. The molecular formula is C13H15FN2S2. The number of benzene rings is 1. The smallest absolute Gasteiger partial charge is 0.180 e. The fraction of sp³-hybridized carbons (Fsp3) is 0.308. The highest BCUT2D eigenvalue weighted by molar-refractivity contribution is 7.99. The minimum atomic E-state index is -0.180. The Hall–Kier alpha value is -1.07. The summed E-state index contributed by atoms with van der Waals surface area (Å²) >= 11 is 2.93. The number of halogens is 1. The van der Waals surface area contributed by atoms with E-state index in [2.05, 4.69) is 11.9 Å². The van der Waals surface area contributed by atoms with Gasteiger partial charge in [0.25, 0.3) is 0 Å². The van der Waals surface area contributed by atoms with Crippen molar-refractivity contribution in [1.82, 2.24) is 4.98 Å². The number of hydrogen-bond donors (Lipinski definition) is 1. The molecule has 0 saturated heterocycles. The van der Waals surface area contributed by atoms with Crippen LogP contribution in [0.2, 0.25) is 0 Å². The molecule has 1 heterocycles. The predicted octanol–water partition coefficient (Wildman–Crippen LogP) is 4.42. The zero-order valence-corrected chi connectivity index (χ0v) is 11.8. The molecule has 2 nitrogen and oxygen atoms in total. The second-order valence-electron chi connectivity index (χ2n) is 3.92. The van der Waals surface area contributed by atoms with E-state index in [9.17, 15) is 4.39 Å². The predicted molar refractivity (Wildman–Crippen MR) is 77.6 cm³/mol. The molecule has 0 saturated carbocycles. The van der Waals surface area contributed by atoms with E-state index in [-0.39, 0.29) is 5.82 Å². The van der Waals surface area contributed by atoms with Crippen LogP contribution in [-0.4, -0.2) is 10.7 Å². The van der Waals surface area contributed by atoms with Gasteiger partial charge in [0.1, 0.15) is 5.82 Å². The molecule has 0 aliphatic carbocycles. The van der Waals surface area contributed by atoms with Crippen LogP contribution in [0.1, 0.15) is 19.8 Å². The Bertz CT molecular complexity index is 525. The average Bonchev–Trinajstić information content (AvgIpc) is 2.78. The highest BCUT2D eigenvalue weighted by Crippen LogP contribution is 2.29. The zero-order valence-electron chi connectivity index (χ0n) is 10.1. The molecule has 1 aromatic heterocycles. The lowest BCUT2D eigenvalue weighted by Crippen LogP contribution is -1.87. The Morgan fingerprint density at radius 2 is 2.28 bits per heavy atom. The molecule has 0 unspecified atom stereocenters. The summed E-state index contributed by atoms with van der Waals surface area (Å²) < 4.78 is 13.9. The van der Waals surface area contributed by atoms with E-state index in [4.69, 9.17) is 5.73 Å². The summed E-state index contributed by atoms with van der Waals surface area (Å²) in [4.78, 5) is 4.85. The number of rotatable bonds is 5. The van der Waals surface area contributed by atoms with Crippen LogP contribution in [0.5, 0.6) is 0 Å². The van der Waals surface area contributed by atoms with Crippen LogP contribution in [-0.2, 0) is 0 Å². The van der Waals surface area contributed by atoms with E-state index in [1.807, 2.05) is 17.5 Å². The minimum Gasteiger partial charge on any atom is -0.375 e. The third-order valence-electron chi connectivity index (χ3n) is 2.51. The van der Waals surface area contributed by atoms with Gasteiger partial charge in [0.15, 0.2) is 5.13 Å². The van der Waals surface area contributed by atoms with E-state index < -0.39 is 0 Å². The van der Waals surface area contributed by atoms with Crippen molar-refractivity contribution in [2.75, 3.05) is 11.5 Å². The summed E-state index contributed by atoms with van der Waals surface area (Å²) in [6.45, 7) is 2.13. The summed E-state index contributed by atoms with van der Waals surface area (Å²) in [5.74, 6) is 0.774. The van der Waals surface area contributed by atoms with Gasteiger partial charge in [-0.15, -0.1) is 23.1 Å². The van der Waals surface area contributed by atoms with E-state index in [1.54, 1.807) is 11.8 Å². The van der Waals surface area contributed by atoms with Gasteiger partial charge in [0.05, 0.1) is 5.69 Å². The molecule has 0 aliphatic rings. The van der Waals surface area contributed by atoms with Crippen molar-refractivity contribution in [3.63, 3.8) is 0 Å². The van der Waals surface area contributed by atoms with Crippen LogP contribution in [0.25, 0.3) is 11.3 Å². The molecular weight excluding hydrogens is 267 g/mol. The molecule has 2 rings (SSSR count). The molecule has 0 bridgehead atoms. The molecule has 0 atom stereocenters. The number of nitrogens with two attached hydrogens (primary N) is 1. The second-order valence-corrected chi connectivity index (χ2v) is 5.94. The Labute approximate surface area is 114 Å². The number of thiazole rings is 1. The Morgan fingerprint density at radius 1 is 1.44 bits per heavy atom. The normalized spacial score (nSPS) is 10.8. The Balaban J connectivity index is 2.14. The maximum absolute atomic E-state index is 13.9. The Morgan fingerprint density at radius 3 is 2.89 bits per heavy atom. The van der Waals surface area contributed by atoms with Crippen LogP contribution >= 0.6 is 23.1 Å². The largest absolute Gasteiger partial charge is 0.375 e. The van der Waals surface area contributed by atoms with E-state index in [1.165, 1.54) is 17.4 Å². The molecule has 0 fully saturated rings. The van der Waals surface area contributed by atoms with Gasteiger partial charge in [0, 0.05) is 15.8 Å². The lowest BCUT2D eigenvalue weighted by atomic mass is 10.2. The van der Waals surface area contributed by atoms with E-state index >= 15 is 0 Å². The number of nitrogen functional groups attached to an aromatic ring is 1. The van der Waals surface area contributed by atoms with Crippen molar-refractivity contribution in [3.8, 4) is 11.3 Å². The molecule has 5 heteroatoms. The maximum Gasteiger partial charge on any atom is 0.180 e. The van der Waals surface area contributed by atoms with Gasteiger partial charge >= 0.3 is 0 Å². The third-order valence-corrected chi connectivity index (χ3v) is 4.31. The van der Waals surface area contributed by atoms with Crippen LogP contribution < -0.4 is 5.73 Å². The number of thioether (sulfide) groups is 1. The molecule has 2 N–H and O–H groups in total. The summed E-state index contributed by atoms with van der Waals surface area (Å²) in [5, 5.41) is 2.35. The molecule has 0 radical (unpaired) electrons. The van der Waals surface area contributed by atoms with Crippen LogP contribution in [0.3, 0.4) is 0 Å². The molecule has 96 valence electrons. The fourth-order valence-corrected chi connectivity index (χ4v) is 3.11. The quantitative estimate of drug-likeness (QED) is 0.651. The van der Waals surface area contributed by atoms with Crippen molar-refractivity contribution < 1.29 is 4.39 Å². The SMILES string of the molecule is CCCCSc1ccc(-c2csc(N)n2)cc1F.